The van der Waals surface area contributed by atoms with E-state index in [4.69, 9.17) is 4.74 Å². The van der Waals surface area contributed by atoms with Gasteiger partial charge in [-0.3, -0.25) is 0 Å². The van der Waals surface area contributed by atoms with Crippen molar-refractivity contribution in [1.82, 2.24) is 13.9 Å². The van der Waals surface area contributed by atoms with Crippen LogP contribution in [0.5, 0.6) is 0 Å². The summed E-state index contributed by atoms with van der Waals surface area (Å²) < 4.78 is 33.3. The van der Waals surface area contributed by atoms with Crippen LogP contribution in [0.2, 0.25) is 0 Å². The van der Waals surface area contributed by atoms with Crippen LogP contribution in [0, 0.1) is 5.92 Å². The molecule has 6 nitrogen and oxygen atoms in total. The molecule has 0 N–H and O–H groups in total. The summed E-state index contributed by atoms with van der Waals surface area (Å²) in [6, 6.07) is 9.87. The number of hydrogen-bond acceptors (Lipinski definition) is 4. The minimum Gasteiger partial charge on any atom is -0.379 e. The van der Waals surface area contributed by atoms with E-state index < -0.39 is 10.0 Å². The summed E-state index contributed by atoms with van der Waals surface area (Å²) in [7, 11) is -0.139. The zero-order valence-electron chi connectivity index (χ0n) is 13.3. The van der Waals surface area contributed by atoms with Crippen molar-refractivity contribution in [2.45, 2.75) is 6.04 Å². The molecule has 2 heterocycles. The van der Waals surface area contributed by atoms with Gasteiger partial charge in [0.15, 0.2) is 0 Å². The molecule has 1 aromatic heterocycles. The Balaban J connectivity index is 1.89. The molecule has 0 unspecified atom stereocenters. The highest BCUT2D eigenvalue weighted by Crippen LogP contribution is 2.31. The molecule has 2 aromatic rings. The van der Waals surface area contributed by atoms with Crippen LogP contribution in [0.4, 0.5) is 0 Å². The SMILES string of the molecule is CN(C)S(=O)(=O)C[C@@H]1COC[C@H]1n1ccnc1-c1ccccc1. The third-order valence-corrected chi connectivity index (χ3v) is 6.17. The highest BCUT2D eigenvalue weighted by molar-refractivity contribution is 7.89. The molecule has 1 aliphatic heterocycles. The second-order valence-electron chi connectivity index (χ2n) is 5.95. The van der Waals surface area contributed by atoms with Crippen LogP contribution in [0.25, 0.3) is 11.4 Å². The second kappa shape index (κ2) is 6.43. The Bertz CT molecular complexity index is 756. The van der Waals surface area contributed by atoms with Crippen LogP contribution in [-0.2, 0) is 14.8 Å². The Morgan fingerprint density at radius 2 is 2.00 bits per heavy atom. The van der Waals surface area contributed by atoms with E-state index in [0.29, 0.717) is 13.2 Å². The van der Waals surface area contributed by atoms with E-state index in [1.807, 2.05) is 41.1 Å². The molecule has 0 radical (unpaired) electrons. The van der Waals surface area contributed by atoms with E-state index in [-0.39, 0.29) is 17.7 Å². The molecule has 124 valence electrons. The summed E-state index contributed by atoms with van der Waals surface area (Å²) in [5.74, 6) is 0.837. The van der Waals surface area contributed by atoms with Crippen LogP contribution in [0.15, 0.2) is 42.7 Å². The van der Waals surface area contributed by atoms with Gasteiger partial charge in [0.2, 0.25) is 10.0 Å². The van der Waals surface area contributed by atoms with Crippen molar-refractivity contribution in [3.63, 3.8) is 0 Å². The van der Waals surface area contributed by atoms with Crippen molar-refractivity contribution in [2.24, 2.45) is 5.92 Å². The van der Waals surface area contributed by atoms with E-state index in [2.05, 4.69) is 4.98 Å². The predicted molar refractivity (Wildman–Crippen MR) is 88.5 cm³/mol. The molecule has 23 heavy (non-hydrogen) atoms. The smallest absolute Gasteiger partial charge is 0.214 e. The highest BCUT2D eigenvalue weighted by Gasteiger charge is 2.35. The van der Waals surface area contributed by atoms with Gasteiger partial charge in [-0.15, -0.1) is 0 Å². The normalized spacial score (nSPS) is 21.9. The molecule has 2 atom stereocenters. The molecule has 1 saturated heterocycles. The van der Waals surface area contributed by atoms with E-state index >= 15 is 0 Å². The molecular formula is C16H21N3O3S. The summed E-state index contributed by atoms with van der Waals surface area (Å²) in [5, 5.41) is 0. The fourth-order valence-corrected chi connectivity index (χ4v) is 4.02. The number of ether oxygens (including phenoxy) is 1. The first-order chi connectivity index (χ1) is 11.0. The topological polar surface area (TPSA) is 64.4 Å². The Hall–Kier alpha value is -1.70. The summed E-state index contributed by atoms with van der Waals surface area (Å²) in [6.07, 6.45) is 3.65. The molecule has 0 saturated carbocycles. The van der Waals surface area contributed by atoms with Gasteiger partial charge in [0.25, 0.3) is 0 Å². The van der Waals surface area contributed by atoms with E-state index in [1.54, 1.807) is 20.3 Å². The number of benzene rings is 1. The summed E-state index contributed by atoms with van der Waals surface area (Å²) in [5.41, 5.74) is 1.01. The maximum atomic E-state index is 12.2. The van der Waals surface area contributed by atoms with Gasteiger partial charge in [0.1, 0.15) is 5.82 Å². The third kappa shape index (κ3) is 3.31. The largest absolute Gasteiger partial charge is 0.379 e. The lowest BCUT2D eigenvalue weighted by Gasteiger charge is -2.22. The van der Waals surface area contributed by atoms with Crippen LogP contribution in [0.3, 0.4) is 0 Å². The van der Waals surface area contributed by atoms with Crippen LogP contribution in [-0.4, -0.2) is 55.3 Å². The summed E-state index contributed by atoms with van der Waals surface area (Å²) in [4.78, 5) is 4.44. The maximum Gasteiger partial charge on any atom is 0.214 e. The lowest BCUT2D eigenvalue weighted by Crippen LogP contribution is -2.32. The van der Waals surface area contributed by atoms with Crippen LogP contribution >= 0.6 is 0 Å². The lowest BCUT2D eigenvalue weighted by molar-refractivity contribution is 0.182. The van der Waals surface area contributed by atoms with Crippen molar-refractivity contribution < 1.29 is 13.2 Å². The van der Waals surface area contributed by atoms with Crippen LogP contribution < -0.4 is 0 Å². The molecule has 0 aliphatic carbocycles. The minimum atomic E-state index is -3.26. The molecule has 1 aromatic carbocycles. The van der Waals surface area contributed by atoms with Crippen molar-refractivity contribution in [2.75, 3.05) is 33.1 Å². The van der Waals surface area contributed by atoms with Gasteiger partial charge in [-0.2, -0.15) is 0 Å². The number of sulfonamides is 1. The maximum absolute atomic E-state index is 12.2. The molecule has 0 spiro atoms. The van der Waals surface area contributed by atoms with Crippen LogP contribution in [0.1, 0.15) is 6.04 Å². The zero-order chi connectivity index (χ0) is 16.4. The lowest BCUT2D eigenvalue weighted by atomic mass is 10.1. The van der Waals surface area contributed by atoms with Gasteiger partial charge in [-0.1, -0.05) is 30.3 Å². The van der Waals surface area contributed by atoms with Gasteiger partial charge < -0.3 is 9.30 Å². The monoisotopic (exact) mass is 335 g/mol. The zero-order valence-corrected chi connectivity index (χ0v) is 14.1. The van der Waals surface area contributed by atoms with Gasteiger partial charge in [0, 0.05) is 38.0 Å². The molecule has 0 amide bonds. The number of hydrogen-bond donors (Lipinski definition) is 0. The molecule has 0 bridgehead atoms. The Labute approximate surface area is 136 Å². The first-order valence-electron chi connectivity index (χ1n) is 7.55. The quantitative estimate of drug-likeness (QED) is 0.833. The highest BCUT2D eigenvalue weighted by atomic mass is 32.2. The average Bonchev–Trinajstić information content (AvgIpc) is 3.16. The molecule has 1 aliphatic rings. The van der Waals surface area contributed by atoms with Crippen molar-refractivity contribution in [1.29, 1.82) is 0 Å². The number of rotatable bonds is 5. The second-order valence-corrected chi connectivity index (χ2v) is 8.18. The first-order valence-corrected chi connectivity index (χ1v) is 9.16. The minimum absolute atomic E-state index is 0.0255. The fourth-order valence-electron chi connectivity index (χ4n) is 2.87. The van der Waals surface area contributed by atoms with E-state index in [0.717, 1.165) is 11.4 Å². The number of imidazole rings is 1. The molecular weight excluding hydrogens is 314 g/mol. The Kier molecular flexibility index (Phi) is 4.52. The van der Waals surface area contributed by atoms with E-state index in [1.165, 1.54) is 4.31 Å². The fraction of sp³-hybridized carbons (Fsp3) is 0.438. The summed E-state index contributed by atoms with van der Waals surface area (Å²) >= 11 is 0. The molecule has 1 fully saturated rings. The third-order valence-electron chi connectivity index (χ3n) is 4.20. The molecule has 3 rings (SSSR count). The van der Waals surface area contributed by atoms with Gasteiger partial charge >= 0.3 is 0 Å². The average molecular weight is 335 g/mol. The molecule has 7 heteroatoms. The Morgan fingerprint density at radius 3 is 2.70 bits per heavy atom. The van der Waals surface area contributed by atoms with Crippen molar-refractivity contribution in [3.8, 4) is 11.4 Å². The van der Waals surface area contributed by atoms with Crippen molar-refractivity contribution in [3.05, 3.63) is 42.7 Å². The predicted octanol–water partition coefficient (Wildman–Crippen LogP) is 1.63. The number of nitrogens with zero attached hydrogens (tertiary/aromatic N) is 3. The van der Waals surface area contributed by atoms with Crippen molar-refractivity contribution >= 4 is 10.0 Å². The van der Waals surface area contributed by atoms with Gasteiger partial charge in [0.05, 0.1) is 25.0 Å². The van der Waals surface area contributed by atoms with Gasteiger partial charge in [-0.25, -0.2) is 17.7 Å². The number of aromatic nitrogens is 2. The first kappa shape index (κ1) is 16.2. The standard InChI is InChI=1S/C16H21N3O3S/c1-18(2)23(20,21)12-14-10-22-11-15(14)19-9-8-17-16(19)13-6-4-3-5-7-13/h3-9,14-15H,10-12H2,1-2H3/t14-,15+/m0/s1. The summed E-state index contributed by atoms with van der Waals surface area (Å²) in [6.45, 7) is 0.952. The Morgan fingerprint density at radius 1 is 1.26 bits per heavy atom. The van der Waals surface area contributed by atoms with E-state index in [9.17, 15) is 8.42 Å². The van der Waals surface area contributed by atoms with Gasteiger partial charge in [-0.05, 0) is 0 Å².